The lowest BCUT2D eigenvalue weighted by molar-refractivity contribution is -0.384. The van der Waals surface area contributed by atoms with Crippen molar-refractivity contribution in [3.8, 4) is 11.1 Å². The minimum Gasteiger partial charge on any atom is -0.354 e. The second-order valence-electron chi connectivity index (χ2n) is 6.46. The maximum absolute atomic E-state index is 12.2. The molecule has 1 aromatic heterocycles. The fraction of sp³-hybridized carbons (Fsp3) is 0.0870. The Bertz CT molecular complexity index is 1100. The van der Waals surface area contributed by atoms with Gasteiger partial charge in [0.05, 0.1) is 4.92 Å². The summed E-state index contributed by atoms with van der Waals surface area (Å²) in [4.78, 5) is 38.2. The van der Waals surface area contributed by atoms with E-state index in [1.165, 1.54) is 24.3 Å². The SMILES string of the molecule is CNC(=O)c1cc(-c2ccc(/C=C/CC(=O)c3ccc([N+](=O)[O-])cc3)cc2)ccn1. The van der Waals surface area contributed by atoms with Crippen LogP contribution in [0.15, 0.2) is 72.9 Å². The first-order chi connectivity index (χ1) is 14.5. The number of aromatic nitrogens is 1. The predicted octanol–water partition coefficient (Wildman–Crippen LogP) is 4.30. The number of hydrogen-bond acceptors (Lipinski definition) is 5. The average molecular weight is 401 g/mol. The van der Waals surface area contributed by atoms with Gasteiger partial charge in [0.25, 0.3) is 11.6 Å². The Morgan fingerprint density at radius 2 is 1.73 bits per heavy atom. The van der Waals surface area contributed by atoms with E-state index in [2.05, 4.69) is 10.3 Å². The van der Waals surface area contributed by atoms with Crippen molar-refractivity contribution in [1.82, 2.24) is 10.3 Å². The zero-order chi connectivity index (χ0) is 21.5. The molecule has 0 saturated heterocycles. The van der Waals surface area contributed by atoms with Crippen LogP contribution in [0.2, 0.25) is 0 Å². The van der Waals surface area contributed by atoms with Gasteiger partial charge in [0, 0.05) is 37.4 Å². The van der Waals surface area contributed by atoms with Crippen LogP contribution >= 0.6 is 0 Å². The van der Waals surface area contributed by atoms with Gasteiger partial charge in [-0.1, -0.05) is 36.4 Å². The molecule has 0 radical (unpaired) electrons. The molecule has 1 amide bonds. The van der Waals surface area contributed by atoms with Crippen molar-refractivity contribution in [3.63, 3.8) is 0 Å². The topological polar surface area (TPSA) is 102 Å². The van der Waals surface area contributed by atoms with Crippen molar-refractivity contribution in [1.29, 1.82) is 0 Å². The first-order valence-electron chi connectivity index (χ1n) is 9.20. The van der Waals surface area contributed by atoms with E-state index >= 15 is 0 Å². The van der Waals surface area contributed by atoms with Gasteiger partial charge in [-0.3, -0.25) is 24.7 Å². The number of nitro groups is 1. The van der Waals surface area contributed by atoms with Crippen LogP contribution in [0.25, 0.3) is 17.2 Å². The largest absolute Gasteiger partial charge is 0.354 e. The molecule has 0 saturated carbocycles. The summed E-state index contributed by atoms with van der Waals surface area (Å²) in [5.41, 5.74) is 3.50. The number of nitrogens with zero attached hydrogens (tertiary/aromatic N) is 2. The maximum Gasteiger partial charge on any atom is 0.269 e. The highest BCUT2D eigenvalue weighted by Crippen LogP contribution is 2.21. The molecule has 0 atom stereocenters. The highest BCUT2D eigenvalue weighted by atomic mass is 16.6. The quantitative estimate of drug-likeness (QED) is 0.361. The van der Waals surface area contributed by atoms with E-state index < -0.39 is 4.92 Å². The number of rotatable bonds is 7. The van der Waals surface area contributed by atoms with Gasteiger partial charge in [-0.05, 0) is 41.0 Å². The van der Waals surface area contributed by atoms with E-state index in [-0.39, 0.29) is 23.8 Å². The Morgan fingerprint density at radius 1 is 1.03 bits per heavy atom. The van der Waals surface area contributed by atoms with Crippen LogP contribution < -0.4 is 5.32 Å². The molecule has 0 spiro atoms. The normalized spacial score (nSPS) is 10.7. The summed E-state index contributed by atoms with van der Waals surface area (Å²) >= 11 is 0. The number of non-ortho nitro benzene ring substituents is 1. The lowest BCUT2D eigenvalue weighted by atomic mass is 10.0. The van der Waals surface area contributed by atoms with Gasteiger partial charge in [0.2, 0.25) is 0 Å². The number of nitro benzene ring substituents is 1. The Morgan fingerprint density at radius 3 is 2.37 bits per heavy atom. The second kappa shape index (κ2) is 9.38. The van der Waals surface area contributed by atoms with E-state index in [4.69, 9.17) is 0 Å². The molecule has 7 nitrogen and oxygen atoms in total. The lowest BCUT2D eigenvalue weighted by Gasteiger charge is -2.05. The Balaban J connectivity index is 1.64. The number of carbonyl (C=O) groups is 2. The van der Waals surface area contributed by atoms with Crippen LogP contribution in [0.1, 0.15) is 32.8 Å². The molecule has 1 N–H and O–H groups in total. The van der Waals surface area contributed by atoms with Crippen molar-refractivity contribution < 1.29 is 14.5 Å². The maximum atomic E-state index is 12.2. The van der Waals surface area contributed by atoms with Crippen molar-refractivity contribution in [2.75, 3.05) is 7.05 Å². The molecular formula is C23H19N3O4. The number of amides is 1. The van der Waals surface area contributed by atoms with Crippen molar-refractivity contribution in [2.24, 2.45) is 0 Å². The number of benzene rings is 2. The third-order valence-corrected chi connectivity index (χ3v) is 4.48. The van der Waals surface area contributed by atoms with E-state index in [0.717, 1.165) is 16.7 Å². The summed E-state index contributed by atoms with van der Waals surface area (Å²) in [5.74, 6) is -0.356. The predicted molar refractivity (Wildman–Crippen MR) is 114 cm³/mol. The molecule has 150 valence electrons. The summed E-state index contributed by atoms with van der Waals surface area (Å²) in [5, 5.41) is 13.2. The zero-order valence-electron chi connectivity index (χ0n) is 16.2. The number of ketones is 1. The van der Waals surface area contributed by atoms with Crippen LogP contribution in [-0.4, -0.2) is 28.6 Å². The van der Waals surface area contributed by atoms with Crippen molar-refractivity contribution in [2.45, 2.75) is 6.42 Å². The van der Waals surface area contributed by atoms with E-state index in [1.54, 1.807) is 25.4 Å². The van der Waals surface area contributed by atoms with E-state index in [1.807, 2.05) is 36.4 Å². The average Bonchev–Trinajstić information content (AvgIpc) is 2.79. The fourth-order valence-electron chi connectivity index (χ4n) is 2.84. The molecule has 0 unspecified atom stereocenters. The van der Waals surface area contributed by atoms with Crippen LogP contribution in [0.4, 0.5) is 5.69 Å². The van der Waals surface area contributed by atoms with Gasteiger partial charge in [0.15, 0.2) is 5.78 Å². The third-order valence-electron chi connectivity index (χ3n) is 4.48. The minimum atomic E-state index is -0.497. The molecule has 1 heterocycles. The number of hydrogen-bond donors (Lipinski definition) is 1. The first-order valence-corrected chi connectivity index (χ1v) is 9.20. The Hall–Kier alpha value is -4.13. The first kappa shape index (κ1) is 20.6. The van der Waals surface area contributed by atoms with Gasteiger partial charge < -0.3 is 5.32 Å². The summed E-state index contributed by atoms with van der Waals surface area (Å²) in [7, 11) is 1.56. The lowest BCUT2D eigenvalue weighted by Crippen LogP contribution is -2.19. The smallest absolute Gasteiger partial charge is 0.269 e. The highest BCUT2D eigenvalue weighted by Gasteiger charge is 2.09. The van der Waals surface area contributed by atoms with Gasteiger partial charge in [-0.15, -0.1) is 0 Å². The number of Topliss-reactive ketones (excluding diaryl/α,β-unsaturated/α-hetero) is 1. The summed E-state index contributed by atoms with van der Waals surface area (Å²) in [6, 6.07) is 16.8. The summed E-state index contributed by atoms with van der Waals surface area (Å²) in [6.45, 7) is 0. The molecule has 0 aliphatic rings. The van der Waals surface area contributed by atoms with Gasteiger partial charge >= 0.3 is 0 Å². The fourth-order valence-corrected chi connectivity index (χ4v) is 2.84. The van der Waals surface area contributed by atoms with Crippen molar-refractivity contribution in [3.05, 3.63) is 99.9 Å². The molecule has 30 heavy (non-hydrogen) atoms. The molecule has 0 aliphatic carbocycles. The summed E-state index contributed by atoms with van der Waals surface area (Å²) in [6.07, 6.45) is 5.39. The number of allylic oxidation sites excluding steroid dienone is 1. The van der Waals surface area contributed by atoms with E-state index in [9.17, 15) is 19.7 Å². The number of nitrogens with one attached hydrogen (secondary N) is 1. The number of carbonyl (C=O) groups excluding carboxylic acids is 2. The third kappa shape index (κ3) is 5.02. The molecule has 0 aliphatic heterocycles. The Kier molecular flexibility index (Phi) is 6.44. The molecular weight excluding hydrogens is 382 g/mol. The molecule has 3 rings (SSSR count). The standard InChI is InChI=1S/C23H19N3O4/c1-24-23(28)21-15-19(13-14-25-21)17-7-5-16(6-8-17)3-2-4-22(27)18-9-11-20(12-10-18)26(29)30/h2-3,5-15H,4H2,1H3,(H,24,28)/b3-2+. The van der Waals surface area contributed by atoms with Crippen LogP contribution in [-0.2, 0) is 0 Å². The van der Waals surface area contributed by atoms with Crippen LogP contribution in [0.3, 0.4) is 0 Å². The second-order valence-corrected chi connectivity index (χ2v) is 6.46. The monoisotopic (exact) mass is 401 g/mol. The van der Waals surface area contributed by atoms with Crippen LogP contribution in [0.5, 0.6) is 0 Å². The highest BCUT2D eigenvalue weighted by molar-refractivity contribution is 5.97. The molecule has 0 bridgehead atoms. The minimum absolute atomic E-state index is 0.0428. The van der Waals surface area contributed by atoms with Gasteiger partial charge in [0.1, 0.15) is 5.69 Å². The Labute approximate surface area is 173 Å². The van der Waals surface area contributed by atoms with Crippen molar-refractivity contribution >= 4 is 23.5 Å². The summed E-state index contributed by atoms with van der Waals surface area (Å²) < 4.78 is 0. The van der Waals surface area contributed by atoms with E-state index in [0.29, 0.717) is 11.3 Å². The van der Waals surface area contributed by atoms with Gasteiger partial charge in [-0.25, -0.2) is 0 Å². The zero-order valence-corrected chi connectivity index (χ0v) is 16.2. The molecule has 2 aromatic carbocycles. The van der Waals surface area contributed by atoms with Crippen LogP contribution in [0, 0.1) is 10.1 Å². The number of pyridine rings is 1. The molecule has 0 fully saturated rings. The molecule has 3 aromatic rings. The van der Waals surface area contributed by atoms with Gasteiger partial charge in [-0.2, -0.15) is 0 Å². The molecule has 7 heteroatoms.